The van der Waals surface area contributed by atoms with Crippen LogP contribution in [0.1, 0.15) is 45.5 Å². The highest BCUT2D eigenvalue weighted by molar-refractivity contribution is 7.89. The lowest BCUT2D eigenvalue weighted by Crippen LogP contribution is -2.50. The summed E-state index contributed by atoms with van der Waals surface area (Å²) >= 11 is 0. The number of hydrogen-bond acceptors (Lipinski definition) is 5. The standard InChI is InChI=1S/C26H28F4N4O4S/c1-16-14-19(23(35)33(2)3)5-4-17(16)8-13-39(37,38)34-11-9-25(10-12-34)24(36)31-22(32-25)18-6-7-20(21(27)15-18)26(28,29)30/h4-7,14-15H,8-13H2,1-3H3,(H,31,32,36). The Morgan fingerprint density at radius 2 is 1.79 bits per heavy atom. The van der Waals surface area contributed by atoms with E-state index in [0.717, 1.165) is 17.2 Å². The highest BCUT2D eigenvalue weighted by atomic mass is 32.2. The van der Waals surface area contributed by atoms with Crippen molar-refractivity contribution >= 4 is 27.7 Å². The minimum absolute atomic E-state index is 0.00514. The molecule has 13 heteroatoms. The largest absolute Gasteiger partial charge is 0.419 e. The second kappa shape index (κ2) is 10.3. The van der Waals surface area contributed by atoms with Crippen LogP contribution in [0.3, 0.4) is 0 Å². The fourth-order valence-corrected chi connectivity index (χ4v) is 6.23. The van der Waals surface area contributed by atoms with Gasteiger partial charge in [0.15, 0.2) is 0 Å². The van der Waals surface area contributed by atoms with Gasteiger partial charge in [0.25, 0.3) is 11.8 Å². The smallest absolute Gasteiger partial charge is 0.345 e. The minimum Gasteiger partial charge on any atom is -0.345 e. The first-order valence-electron chi connectivity index (χ1n) is 12.2. The van der Waals surface area contributed by atoms with Crippen LogP contribution in [0.15, 0.2) is 41.4 Å². The molecule has 0 saturated carbocycles. The number of alkyl halides is 3. The third-order valence-corrected chi connectivity index (χ3v) is 8.97. The van der Waals surface area contributed by atoms with E-state index in [9.17, 15) is 35.6 Å². The number of hydrogen-bond donors (Lipinski definition) is 1. The molecule has 2 aromatic rings. The average Bonchev–Trinajstić information content (AvgIpc) is 3.17. The molecule has 4 rings (SSSR count). The third-order valence-electron chi connectivity index (χ3n) is 7.10. The second-order valence-electron chi connectivity index (χ2n) is 9.94. The molecule has 0 atom stereocenters. The van der Waals surface area contributed by atoms with Gasteiger partial charge in [0, 0.05) is 38.3 Å². The lowest BCUT2D eigenvalue weighted by Gasteiger charge is -2.34. The van der Waals surface area contributed by atoms with E-state index in [4.69, 9.17) is 0 Å². The first-order valence-corrected chi connectivity index (χ1v) is 13.8. The average molecular weight is 569 g/mol. The van der Waals surface area contributed by atoms with Crippen molar-refractivity contribution in [3.63, 3.8) is 0 Å². The zero-order chi connectivity index (χ0) is 28.8. The monoisotopic (exact) mass is 568 g/mol. The zero-order valence-electron chi connectivity index (χ0n) is 21.6. The summed E-state index contributed by atoms with van der Waals surface area (Å²) < 4.78 is 80.1. The number of nitrogens with zero attached hydrogens (tertiary/aromatic N) is 3. The first-order chi connectivity index (χ1) is 18.1. The molecule has 0 unspecified atom stereocenters. The lowest BCUT2D eigenvalue weighted by molar-refractivity contribution is -0.140. The maximum Gasteiger partial charge on any atom is 0.419 e. The van der Waals surface area contributed by atoms with E-state index in [0.29, 0.717) is 17.7 Å². The van der Waals surface area contributed by atoms with Gasteiger partial charge < -0.3 is 10.2 Å². The van der Waals surface area contributed by atoms with Crippen LogP contribution in [0.5, 0.6) is 0 Å². The molecular formula is C26H28F4N4O4S. The number of aryl methyl sites for hydroxylation is 2. The number of carbonyl (C=O) groups is 2. The van der Waals surface area contributed by atoms with E-state index in [-0.39, 0.29) is 55.4 Å². The molecule has 1 spiro atoms. The summed E-state index contributed by atoms with van der Waals surface area (Å²) in [5, 5.41) is 2.51. The summed E-state index contributed by atoms with van der Waals surface area (Å²) in [6.45, 7) is 1.88. The van der Waals surface area contributed by atoms with Gasteiger partial charge in [0.2, 0.25) is 10.0 Å². The van der Waals surface area contributed by atoms with Crippen molar-refractivity contribution in [3.05, 3.63) is 70.0 Å². The van der Waals surface area contributed by atoms with E-state index in [2.05, 4.69) is 10.3 Å². The summed E-state index contributed by atoms with van der Waals surface area (Å²) in [4.78, 5) is 30.8. The molecule has 0 aromatic heterocycles. The van der Waals surface area contributed by atoms with Crippen LogP contribution in [-0.2, 0) is 27.4 Å². The van der Waals surface area contributed by atoms with Gasteiger partial charge in [0.1, 0.15) is 17.2 Å². The number of amidine groups is 1. The van der Waals surface area contributed by atoms with Gasteiger partial charge in [-0.05, 0) is 61.6 Å². The van der Waals surface area contributed by atoms with Gasteiger partial charge in [-0.2, -0.15) is 13.2 Å². The number of halogens is 4. The molecule has 1 N–H and O–H groups in total. The highest BCUT2D eigenvalue weighted by Crippen LogP contribution is 2.34. The molecule has 0 bridgehead atoms. The van der Waals surface area contributed by atoms with Gasteiger partial charge in [-0.3, -0.25) is 14.6 Å². The Balaban J connectivity index is 1.42. The van der Waals surface area contributed by atoms with Gasteiger partial charge in [-0.15, -0.1) is 0 Å². The predicted molar refractivity (Wildman–Crippen MR) is 136 cm³/mol. The number of rotatable bonds is 6. The number of nitrogens with one attached hydrogen (secondary N) is 1. The fraction of sp³-hybridized carbons (Fsp3) is 0.423. The molecule has 2 heterocycles. The number of carbonyl (C=O) groups excluding carboxylic acids is 2. The van der Waals surface area contributed by atoms with Gasteiger partial charge in [0.05, 0.1) is 11.3 Å². The van der Waals surface area contributed by atoms with Crippen LogP contribution in [0.4, 0.5) is 17.6 Å². The van der Waals surface area contributed by atoms with Crippen LogP contribution in [0.25, 0.3) is 0 Å². The maximum absolute atomic E-state index is 14.0. The maximum atomic E-state index is 14.0. The molecule has 8 nitrogen and oxygen atoms in total. The number of sulfonamides is 1. The fourth-order valence-electron chi connectivity index (χ4n) is 4.75. The second-order valence-corrected chi connectivity index (χ2v) is 12.0. The van der Waals surface area contributed by atoms with Gasteiger partial charge in [-0.25, -0.2) is 17.1 Å². The molecule has 1 fully saturated rings. The number of amides is 2. The van der Waals surface area contributed by atoms with Crippen LogP contribution in [-0.4, -0.2) is 73.7 Å². The van der Waals surface area contributed by atoms with Gasteiger partial charge >= 0.3 is 6.18 Å². The Bertz CT molecular complexity index is 1450. The van der Waals surface area contributed by atoms with Crippen molar-refractivity contribution in [3.8, 4) is 0 Å². The predicted octanol–water partition coefficient (Wildman–Crippen LogP) is 3.14. The van der Waals surface area contributed by atoms with Crippen molar-refractivity contribution < 1.29 is 35.6 Å². The zero-order valence-corrected chi connectivity index (χ0v) is 22.4. The SMILES string of the molecule is Cc1cc(C(=O)N(C)C)ccc1CCS(=O)(=O)N1CCC2(CC1)N=C(c1ccc(C(F)(F)F)c(F)c1)NC2=O. The molecule has 210 valence electrons. The van der Waals surface area contributed by atoms with E-state index in [1.54, 1.807) is 32.3 Å². The van der Waals surface area contributed by atoms with Crippen LogP contribution >= 0.6 is 0 Å². The minimum atomic E-state index is -4.85. The van der Waals surface area contributed by atoms with Crippen molar-refractivity contribution in [1.29, 1.82) is 0 Å². The Morgan fingerprint density at radius 3 is 2.36 bits per heavy atom. The number of aliphatic imine (C=N–C) groups is 1. The van der Waals surface area contributed by atoms with Crippen molar-refractivity contribution in [1.82, 2.24) is 14.5 Å². The lowest BCUT2D eigenvalue weighted by atomic mass is 9.89. The number of benzene rings is 2. The van der Waals surface area contributed by atoms with Crippen molar-refractivity contribution in [2.24, 2.45) is 4.99 Å². The van der Waals surface area contributed by atoms with Crippen LogP contribution in [0, 0.1) is 12.7 Å². The Morgan fingerprint density at radius 1 is 1.13 bits per heavy atom. The normalized spacial score (nSPS) is 17.7. The van der Waals surface area contributed by atoms with Crippen molar-refractivity contribution in [2.45, 2.75) is 37.9 Å². The third kappa shape index (κ3) is 5.83. The molecule has 39 heavy (non-hydrogen) atoms. The van der Waals surface area contributed by atoms with E-state index < -0.39 is 39.0 Å². The molecule has 2 aliphatic heterocycles. The van der Waals surface area contributed by atoms with Crippen LogP contribution < -0.4 is 5.32 Å². The Hall–Kier alpha value is -3.32. The summed E-state index contributed by atoms with van der Waals surface area (Å²) in [6.07, 6.45) is -4.46. The molecule has 0 radical (unpaired) electrons. The summed E-state index contributed by atoms with van der Waals surface area (Å²) in [7, 11) is -0.371. The Labute approximate surface area is 223 Å². The summed E-state index contributed by atoms with van der Waals surface area (Å²) in [6, 6.07) is 7.44. The Kier molecular flexibility index (Phi) is 7.60. The molecule has 0 aliphatic carbocycles. The molecule has 2 aromatic carbocycles. The first kappa shape index (κ1) is 28.7. The molecule has 1 saturated heterocycles. The summed E-state index contributed by atoms with van der Waals surface area (Å²) in [5.74, 6) is -2.33. The van der Waals surface area contributed by atoms with Crippen LogP contribution in [0.2, 0.25) is 0 Å². The quantitative estimate of drug-likeness (QED) is 0.542. The van der Waals surface area contributed by atoms with E-state index >= 15 is 0 Å². The van der Waals surface area contributed by atoms with E-state index in [1.807, 2.05) is 6.92 Å². The molecular weight excluding hydrogens is 540 g/mol. The van der Waals surface area contributed by atoms with E-state index in [1.165, 1.54) is 9.21 Å². The van der Waals surface area contributed by atoms with Gasteiger partial charge in [-0.1, -0.05) is 12.1 Å². The molecule has 2 aliphatic rings. The highest BCUT2D eigenvalue weighted by Gasteiger charge is 2.47. The van der Waals surface area contributed by atoms with Crippen molar-refractivity contribution in [2.75, 3.05) is 32.9 Å². The number of piperidine rings is 1. The topological polar surface area (TPSA) is 99.2 Å². The summed E-state index contributed by atoms with van der Waals surface area (Å²) in [5.41, 5.74) is -0.576. The molecule has 2 amide bonds.